The molecule has 4 nitrogen and oxygen atoms in total. The molecule has 6 heteroatoms. The number of thioether (sulfide) groups is 1. The van der Waals surface area contributed by atoms with Crippen LogP contribution in [0.1, 0.15) is 11.1 Å². The molecule has 0 aliphatic rings. The van der Waals surface area contributed by atoms with Crippen molar-refractivity contribution in [3.63, 3.8) is 0 Å². The summed E-state index contributed by atoms with van der Waals surface area (Å²) in [6.07, 6.45) is 0. The van der Waals surface area contributed by atoms with Crippen molar-refractivity contribution in [2.75, 3.05) is 5.75 Å². The maximum atomic E-state index is 9.43. The smallest absolute Gasteiger partial charge is 0.148 e. The van der Waals surface area contributed by atoms with E-state index in [1.54, 1.807) is 12.1 Å². The van der Waals surface area contributed by atoms with E-state index < -0.39 is 0 Å². The summed E-state index contributed by atoms with van der Waals surface area (Å²) < 4.78 is 0. The summed E-state index contributed by atoms with van der Waals surface area (Å²) in [6.45, 7) is 0. The van der Waals surface area contributed by atoms with Crippen LogP contribution < -0.4 is 0 Å². The second kappa shape index (κ2) is 6.77. The van der Waals surface area contributed by atoms with Gasteiger partial charge in [-0.2, -0.15) is 15.8 Å². The Morgan fingerprint density at radius 2 is 1.71 bits per heavy atom. The predicted octanol–water partition coefficient (Wildman–Crippen LogP) is 3.76. The molecule has 0 atom stereocenters. The topological polar surface area (TPSA) is 84.3 Å². The Balaban J connectivity index is 2.78. The third-order valence-corrected chi connectivity index (χ3v) is 3.80. The van der Waals surface area contributed by atoms with Gasteiger partial charge in [-0.25, -0.2) is 4.98 Å². The fourth-order valence-electron chi connectivity index (χ4n) is 1.84. The number of pyridine rings is 1. The van der Waals surface area contributed by atoms with Crippen LogP contribution in [0.15, 0.2) is 35.4 Å². The lowest BCUT2D eigenvalue weighted by atomic mass is 9.98. The molecule has 2 aromatic rings. The van der Waals surface area contributed by atoms with Crippen molar-refractivity contribution < 1.29 is 0 Å². The summed E-state index contributed by atoms with van der Waals surface area (Å²) in [5, 5.41) is 27.8. The molecule has 0 fully saturated rings. The van der Waals surface area contributed by atoms with E-state index in [2.05, 4.69) is 11.1 Å². The zero-order chi connectivity index (χ0) is 15.2. The number of nitriles is 3. The molecule has 100 valence electrons. The van der Waals surface area contributed by atoms with E-state index in [9.17, 15) is 10.5 Å². The first-order chi connectivity index (χ1) is 10.2. The van der Waals surface area contributed by atoms with Gasteiger partial charge in [0.25, 0.3) is 0 Å². The summed E-state index contributed by atoms with van der Waals surface area (Å²) in [4.78, 5) is 4.07. The molecule has 21 heavy (non-hydrogen) atoms. The van der Waals surface area contributed by atoms with Crippen molar-refractivity contribution in [1.29, 1.82) is 15.8 Å². The van der Waals surface area contributed by atoms with Crippen LogP contribution in [0.4, 0.5) is 0 Å². The van der Waals surface area contributed by atoms with Gasteiger partial charge in [0.05, 0.1) is 22.9 Å². The number of benzene rings is 1. The van der Waals surface area contributed by atoms with E-state index in [0.29, 0.717) is 16.2 Å². The van der Waals surface area contributed by atoms with Crippen LogP contribution in [0, 0.1) is 34.0 Å². The first-order valence-electron chi connectivity index (χ1n) is 5.81. The summed E-state index contributed by atoms with van der Waals surface area (Å²) in [6, 6.07) is 15.1. The number of nitrogens with zero attached hydrogens (tertiary/aromatic N) is 4. The van der Waals surface area contributed by atoms with Crippen LogP contribution in [0.25, 0.3) is 11.1 Å². The summed E-state index contributed by atoms with van der Waals surface area (Å²) in [5.41, 5.74) is 1.61. The normalized spacial score (nSPS) is 9.43. The SMILES string of the molecule is N#CCSc1nc(Cl)c(C#N)c(-c2ccccc2)c1C#N. The molecule has 0 saturated carbocycles. The van der Waals surface area contributed by atoms with Crippen molar-refractivity contribution in [1.82, 2.24) is 4.98 Å². The Hall–Kier alpha value is -2.52. The van der Waals surface area contributed by atoms with Crippen LogP contribution in [-0.2, 0) is 0 Å². The van der Waals surface area contributed by atoms with Gasteiger partial charge in [-0.05, 0) is 5.56 Å². The third-order valence-electron chi connectivity index (χ3n) is 2.68. The van der Waals surface area contributed by atoms with Crippen LogP contribution in [0.2, 0.25) is 5.15 Å². The monoisotopic (exact) mass is 310 g/mol. The van der Waals surface area contributed by atoms with E-state index in [1.165, 1.54) is 0 Å². The van der Waals surface area contributed by atoms with E-state index in [0.717, 1.165) is 11.8 Å². The molecule has 1 aromatic heterocycles. The van der Waals surface area contributed by atoms with Crippen LogP contribution >= 0.6 is 23.4 Å². The Morgan fingerprint density at radius 3 is 2.29 bits per heavy atom. The van der Waals surface area contributed by atoms with E-state index in [1.807, 2.05) is 30.3 Å². The number of hydrogen-bond acceptors (Lipinski definition) is 5. The largest absolute Gasteiger partial charge is 0.227 e. The van der Waals surface area contributed by atoms with Crippen molar-refractivity contribution in [2.24, 2.45) is 0 Å². The van der Waals surface area contributed by atoms with E-state index in [4.69, 9.17) is 16.9 Å². The fourth-order valence-corrected chi connectivity index (χ4v) is 2.76. The summed E-state index contributed by atoms with van der Waals surface area (Å²) in [7, 11) is 0. The fraction of sp³-hybridized carbons (Fsp3) is 0.0667. The molecule has 0 radical (unpaired) electrons. The predicted molar refractivity (Wildman–Crippen MR) is 80.5 cm³/mol. The zero-order valence-corrected chi connectivity index (χ0v) is 12.2. The number of aromatic nitrogens is 1. The molecule has 1 aromatic carbocycles. The van der Waals surface area contributed by atoms with E-state index >= 15 is 0 Å². The maximum Gasteiger partial charge on any atom is 0.148 e. The van der Waals surface area contributed by atoms with Crippen molar-refractivity contribution in [3.8, 4) is 29.3 Å². The Bertz CT molecular complexity index is 798. The molecule has 0 unspecified atom stereocenters. The maximum absolute atomic E-state index is 9.43. The minimum atomic E-state index is 0.0378. The first-order valence-corrected chi connectivity index (χ1v) is 7.18. The lowest BCUT2D eigenvalue weighted by Gasteiger charge is -2.11. The second-order valence-corrected chi connectivity index (χ2v) is 5.19. The number of rotatable bonds is 3. The van der Waals surface area contributed by atoms with Gasteiger partial charge in [0.1, 0.15) is 22.3 Å². The highest BCUT2D eigenvalue weighted by Gasteiger charge is 2.20. The van der Waals surface area contributed by atoms with Crippen molar-refractivity contribution in [3.05, 3.63) is 46.6 Å². The van der Waals surface area contributed by atoms with E-state index in [-0.39, 0.29) is 22.0 Å². The van der Waals surface area contributed by atoms with Crippen molar-refractivity contribution >= 4 is 23.4 Å². The van der Waals surface area contributed by atoms with Crippen LogP contribution in [0.5, 0.6) is 0 Å². The molecule has 0 amide bonds. The van der Waals surface area contributed by atoms with Crippen LogP contribution in [-0.4, -0.2) is 10.7 Å². The standard InChI is InChI=1S/C15H7ClN4S/c16-14-11(8-18)13(10-4-2-1-3-5-10)12(9-19)15(20-14)21-7-6-17/h1-5H,7H2. The van der Waals surface area contributed by atoms with Crippen LogP contribution in [0.3, 0.4) is 0 Å². The number of hydrogen-bond donors (Lipinski definition) is 0. The molecule has 0 spiro atoms. The molecule has 2 rings (SSSR count). The molecular formula is C15H7ClN4S. The molecular weight excluding hydrogens is 304 g/mol. The van der Waals surface area contributed by atoms with Gasteiger partial charge in [-0.15, -0.1) is 0 Å². The highest BCUT2D eigenvalue weighted by atomic mass is 35.5. The molecule has 1 heterocycles. The average molecular weight is 311 g/mol. The van der Waals surface area contributed by atoms with Gasteiger partial charge in [-0.3, -0.25) is 0 Å². The number of halogens is 1. The van der Waals surface area contributed by atoms with Gasteiger partial charge in [-0.1, -0.05) is 53.7 Å². The van der Waals surface area contributed by atoms with Gasteiger partial charge in [0, 0.05) is 5.56 Å². The van der Waals surface area contributed by atoms with Gasteiger partial charge >= 0.3 is 0 Å². The highest BCUT2D eigenvalue weighted by Crippen LogP contribution is 2.35. The molecule has 0 bridgehead atoms. The third kappa shape index (κ3) is 2.98. The minimum Gasteiger partial charge on any atom is -0.227 e. The highest BCUT2D eigenvalue weighted by molar-refractivity contribution is 7.99. The zero-order valence-electron chi connectivity index (χ0n) is 10.7. The first kappa shape index (κ1) is 14.9. The molecule has 0 aliphatic heterocycles. The lowest BCUT2D eigenvalue weighted by Crippen LogP contribution is -1.98. The molecule has 0 saturated heterocycles. The summed E-state index contributed by atoms with van der Waals surface area (Å²) >= 11 is 7.18. The minimum absolute atomic E-state index is 0.0378. The Morgan fingerprint density at radius 1 is 1.05 bits per heavy atom. The quantitative estimate of drug-likeness (QED) is 0.636. The van der Waals surface area contributed by atoms with Gasteiger partial charge in [0.15, 0.2) is 0 Å². The van der Waals surface area contributed by atoms with Crippen molar-refractivity contribution in [2.45, 2.75) is 5.03 Å². The van der Waals surface area contributed by atoms with Gasteiger partial charge in [0.2, 0.25) is 0 Å². The summed E-state index contributed by atoms with van der Waals surface area (Å²) in [5.74, 6) is 0.151. The molecule has 0 aliphatic carbocycles. The lowest BCUT2D eigenvalue weighted by molar-refractivity contribution is 1.11. The second-order valence-electron chi connectivity index (χ2n) is 3.87. The average Bonchev–Trinajstić information content (AvgIpc) is 2.52. The Labute approximate surface area is 131 Å². The van der Waals surface area contributed by atoms with Gasteiger partial charge < -0.3 is 0 Å². The molecule has 0 N–H and O–H groups in total. The Kier molecular flexibility index (Phi) is 4.80.